The molecular weight excluding hydrogens is 317 g/mol. The van der Waals surface area contributed by atoms with Crippen molar-refractivity contribution in [3.05, 3.63) is 31.2 Å². The Kier molecular flexibility index (Phi) is 4.30. The van der Waals surface area contributed by atoms with E-state index in [2.05, 4.69) is 15.9 Å². The number of rotatable bonds is 4. The smallest absolute Gasteiger partial charge is 0.346 e. The Balaban J connectivity index is 3.65. The van der Waals surface area contributed by atoms with Crippen LogP contribution in [0.5, 0.6) is 5.75 Å². The number of carbonyl (C=O) groups is 1. The van der Waals surface area contributed by atoms with Gasteiger partial charge in [0.2, 0.25) is 0 Å². The van der Waals surface area contributed by atoms with Gasteiger partial charge in [0.1, 0.15) is 5.02 Å². The minimum atomic E-state index is -1.47. The van der Waals surface area contributed by atoms with Crippen molar-refractivity contribution < 1.29 is 19.6 Å². The molecule has 0 saturated heterocycles. The topological polar surface area (TPSA) is 89.7 Å². The molecule has 0 amide bonds. The Morgan fingerprint density at radius 1 is 1.71 bits per heavy atom. The Morgan fingerprint density at radius 3 is 2.71 bits per heavy atom. The van der Waals surface area contributed by atoms with Gasteiger partial charge in [0.05, 0.1) is 16.0 Å². The highest BCUT2D eigenvalue weighted by atomic mass is 79.9. The standard InChI is InChI=1S/C9H7BrClNO5/c1-2-17-8-4(10)3-5(11)7(12(15)16)6(8)9(13)14/h3H,2H2,1H3,(H,13,14). The maximum Gasteiger partial charge on any atom is 0.346 e. The van der Waals surface area contributed by atoms with Crippen molar-refractivity contribution in [3.8, 4) is 5.75 Å². The van der Waals surface area contributed by atoms with Gasteiger partial charge in [0, 0.05) is 0 Å². The third-order valence-electron chi connectivity index (χ3n) is 1.85. The van der Waals surface area contributed by atoms with E-state index in [1.54, 1.807) is 6.92 Å². The normalized spacial score (nSPS) is 10.1. The molecule has 0 heterocycles. The van der Waals surface area contributed by atoms with E-state index in [4.69, 9.17) is 21.4 Å². The number of benzene rings is 1. The van der Waals surface area contributed by atoms with Crippen LogP contribution in [0.2, 0.25) is 5.02 Å². The van der Waals surface area contributed by atoms with Gasteiger partial charge in [-0.15, -0.1) is 0 Å². The highest BCUT2D eigenvalue weighted by Crippen LogP contribution is 2.40. The third-order valence-corrected chi connectivity index (χ3v) is 2.72. The number of halogens is 2. The van der Waals surface area contributed by atoms with Crippen molar-refractivity contribution in [2.45, 2.75) is 6.92 Å². The van der Waals surface area contributed by atoms with Gasteiger partial charge in [0.25, 0.3) is 0 Å². The Bertz CT molecular complexity index is 491. The third kappa shape index (κ3) is 2.67. The summed E-state index contributed by atoms with van der Waals surface area (Å²) in [5, 5.41) is 19.5. The van der Waals surface area contributed by atoms with Crippen LogP contribution in [0, 0.1) is 10.1 Å². The van der Waals surface area contributed by atoms with E-state index in [0.29, 0.717) is 0 Å². The second-order valence-corrected chi connectivity index (χ2v) is 4.15. The minimum Gasteiger partial charge on any atom is -0.492 e. The summed E-state index contributed by atoms with van der Waals surface area (Å²) < 4.78 is 5.34. The number of hydrogen-bond donors (Lipinski definition) is 1. The van der Waals surface area contributed by atoms with Gasteiger partial charge in [0.15, 0.2) is 11.3 Å². The van der Waals surface area contributed by atoms with E-state index in [1.807, 2.05) is 0 Å². The van der Waals surface area contributed by atoms with E-state index in [1.165, 1.54) is 6.07 Å². The molecule has 0 aliphatic heterocycles. The first-order valence-corrected chi connectivity index (χ1v) is 5.59. The van der Waals surface area contributed by atoms with Gasteiger partial charge in [-0.3, -0.25) is 10.1 Å². The zero-order valence-corrected chi connectivity index (χ0v) is 10.9. The number of carboxylic acid groups (broad SMARTS) is 1. The molecule has 0 radical (unpaired) electrons. The van der Waals surface area contributed by atoms with Gasteiger partial charge in [-0.05, 0) is 28.9 Å². The lowest BCUT2D eigenvalue weighted by Crippen LogP contribution is -2.08. The number of ether oxygens (including phenoxy) is 1. The molecule has 1 rings (SSSR count). The summed E-state index contributed by atoms with van der Waals surface area (Å²) in [6.45, 7) is 1.82. The number of aromatic carboxylic acids is 1. The molecule has 1 aromatic carbocycles. The molecule has 0 unspecified atom stereocenters. The number of carboxylic acids is 1. The number of nitrogens with zero attached hydrogens (tertiary/aromatic N) is 1. The highest BCUT2D eigenvalue weighted by Gasteiger charge is 2.30. The summed E-state index contributed by atoms with van der Waals surface area (Å²) >= 11 is 8.71. The fraction of sp³-hybridized carbons (Fsp3) is 0.222. The molecule has 92 valence electrons. The van der Waals surface area contributed by atoms with E-state index >= 15 is 0 Å². The van der Waals surface area contributed by atoms with E-state index in [0.717, 1.165) is 0 Å². The number of hydrogen-bond acceptors (Lipinski definition) is 4. The van der Waals surface area contributed by atoms with Crippen LogP contribution in [0.15, 0.2) is 10.5 Å². The van der Waals surface area contributed by atoms with Crippen molar-refractivity contribution in [1.29, 1.82) is 0 Å². The highest BCUT2D eigenvalue weighted by molar-refractivity contribution is 9.10. The summed E-state index contributed by atoms with van der Waals surface area (Å²) in [5.74, 6) is -1.57. The molecular formula is C9H7BrClNO5. The summed E-state index contributed by atoms with van der Waals surface area (Å²) in [4.78, 5) is 21.0. The van der Waals surface area contributed by atoms with Gasteiger partial charge >= 0.3 is 11.7 Å². The molecule has 8 heteroatoms. The molecule has 1 aromatic rings. The predicted octanol–water partition coefficient (Wildman–Crippen LogP) is 3.11. The van der Waals surface area contributed by atoms with Crippen LogP contribution >= 0.6 is 27.5 Å². The fourth-order valence-electron chi connectivity index (χ4n) is 1.25. The summed E-state index contributed by atoms with van der Waals surface area (Å²) in [6, 6.07) is 1.23. The van der Waals surface area contributed by atoms with Crippen LogP contribution in [0.1, 0.15) is 17.3 Å². The van der Waals surface area contributed by atoms with E-state index in [-0.39, 0.29) is 21.9 Å². The second kappa shape index (κ2) is 5.33. The van der Waals surface area contributed by atoms with E-state index < -0.39 is 22.1 Å². The van der Waals surface area contributed by atoms with Gasteiger partial charge in [-0.25, -0.2) is 4.79 Å². The maximum absolute atomic E-state index is 11.1. The van der Waals surface area contributed by atoms with Crippen LogP contribution in [0.4, 0.5) is 5.69 Å². The molecule has 0 aliphatic rings. The molecule has 0 atom stereocenters. The molecule has 0 saturated carbocycles. The SMILES string of the molecule is CCOc1c(Br)cc(Cl)c([N+](=O)[O-])c1C(=O)O. The van der Waals surface area contributed by atoms with E-state index in [9.17, 15) is 14.9 Å². The monoisotopic (exact) mass is 323 g/mol. The number of nitro groups is 1. The molecule has 6 nitrogen and oxygen atoms in total. The molecule has 0 aromatic heterocycles. The lowest BCUT2D eigenvalue weighted by atomic mass is 10.1. The summed E-state index contributed by atoms with van der Waals surface area (Å²) in [7, 11) is 0. The predicted molar refractivity (Wildman–Crippen MR) is 63.9 cm³/mol. The van der Waals surface area contributed by atoms with Crippen molar-refractivity contribution in [2.75, 3.05) is 6.61 Å². The first kappa shape index (κ1) is 13.7. The van der Waals surface area contributed by atoms with Crippen molar-refractivity contribution >= 4 is 39.2 Å². The minimum absolute atomic E-state index is 0.101. The lowest BCUT2D eigenvalue weighted by molar-refractivity contribution is -0.385. The quantitative estimate of drug-likeness (QED) is 0.679. The Morgan fingerprint density at radius 2 is 2.29 bits per heavy atom. The van der Waals surface area contributed by atoms with Gasteiger partial charge < -0.3 is 9.84 Å². The molecule has 0 aliphatic carbocycles. The molecule has 1 N–H and O–H groups in total. The van der Waals surface area contributed by atoms with Crippen molar-refractivity contribution in [3.63, 3.8) is 0 Å². The fourth-order valence-corrected chi connectivity index (χ4v) is 2.20. The van der Waals surface area contributed by atoms with Gasteiger partial charge in [-0.2, -0.15) is 0 Å². The number of nitro benzene ring substituents is 1. The van der Waals surface area contributed by atoms with Crippen LogP contribution < -0.4 is 4.74 Å². The van der Waals surface area contributed by atoms with Crippen molar-refractivity contribution in [2.24, 2.45) is 0 Å². The first-order chi connectivity index (χ1) is 7.90. The maximum atomic E-state index is 11.1. The zero-order chi connectivity index (χ0) is 13.2. The average molecular weight is 325 g/mol. The molecule has 0 spiro atoms. The lowest BCUT2D eigenvalue weighted by Gasteiger charge is -2.10. The van der Waals surface area contributed by atoms with Crippen LogP contribution in [-0.2, 0) is 0 Å². The molecule has 0 bridgehead atoms. The van der Waals surface area contributed by atoms with Crippen LogP contribution in [0.25, 0.3) is 0 Å². The van der Waals surface area contributed by atoms with Crippen LogP contribution in [-0.4, -0.2) is 22.6 Å². The second-order valence-electron chi connectivity index (χ2n) is 2.89. The molecule has 17 heavy (non-hydrogen) atoms. The first-order valence-electron chi connectivity index (χ1n) is 4.42. The summed E-state index contributed by atoms with van der Waals surface area (Å²) in [6.07, 6.45) is 0. The molecule has 0 fully saturated rings. The Hall–Kier alpha value is -1.34. The van der Waals surface area contributed by atoms with Crippen LogP contribution in [0.3, 0.4) is 0 Å². The largest absolute Gasteiger partial charge is 0.492 e. The Labute approximate surface area is 109 Å². The average Bonchev–Trinajstić information content (AvgIpc) is 2.20. The van der Waals surface area contributed by atoms with Crippen molar-refractivity contribution in [1.82, 2.24) is 0 Å². The zero-order valence-electron chi connectivity index (χ0n) is 8.57. The van der Waals surface area contributed by atoms with Gasteiger partial charge in [-0.1, -0.05) is 11.6 Å². The summed E-state index contributed by atoms with van der Waals surface area (Å²) in [5.41, 5.74) is -1.23.